The Morgan fingerprint density at radius 2 is 2.04 bits per heavy atom. The molecule has 0 spiro atoms. The molecule has 7 heteroatoms. The molecule has 5 nitrogen and oxygen atoms in total. The van der Waals surface area contributed by atoms with Crippen molar-refractivity contribution < 1.29 is 13.9 Å². The Hall–Kier alpha value is -2.15. The van der Waals surface area contributed by atoms with Crippen LogP contribution in [-0.4, -0.2) is 41.2 Å². The minimum absolute atomic E-state index is 0.181. The smallest absolute Gasteiger partial charge is 0.258 e. The van der Waals surface area contributed by atoms with Crippen molar-refractivity contribution in [3.8, 4) is 5.75 Å². The zero-order valence-corrected chi connectivity index (χ0v) is 16.8. The van der Waals surface area contributed by atoms with Crippen LogP contribution >= 0.6 is 11.8 Å². The van der Waals surface area contributed by atoms with Crippen molar-refractivity contribution in [3.05, 3.63) is 46.7 Å². The highest BCUT2D eigenvalue weighted by atomic mass is 32.2. The molecular formula is C19H24FN3O2S. The fraction of sp³-hybridized carbons (Fsp3) is 0.421. The van der Waals surface area contributed by atoms with Crippen LogP contribution in [0.3, 0.4) is 0 Å². The van der Waals surface area contributed by atoms with Crippen LogP contribution in [0.4, 0.5) is 4.39 Å². The molecule has 1 amide bonds. The summed E-state index contributed by atoms with van der Waals surface area (Å²) in [5, 5.41) is 0.666. The molecule has 0 saturated carbocycles. The highest BCUT2D eigenvalue weighted by molar-refractivity contribution is 7.98. The molecule has 0 atom stereocenters. The van der Waals surface area contributed by atoms with E-state index in [4.69, 9.17) is 4.74 Å². The topological polar surface area (TPSA) is 55.3 Å². The highest BCUT2D eigenvalue weighted by Crippen LogP contribution is 2.25. The Bertz CT molecular complexity index is 812. The third-order valence-electron chi connectivity index (χ3n) is 3.98. The minimum atomic E-state index is -0.448. The van der Waals surface area contributed by atoms with Crippen LogP contribution in [-0.2, 0) is 6.54 Å². The van der Waals surface area contributed by atoms with Gasteiger partial charge in [0.2, 0.25) is 0 Å². The first kappa shape index (κ1) is 20.2. The summed E-state index contributed by atoms with van der Waals surface area (Å²) in [5.41, 5.74) is 1.84. The van der Waals surface area contributed by atoms with Crippen LogP contribution in [0.25, 0.3) is 0 Å². The maximum atomic E-state index is 13.9. The zero-order chi connectivity index (χ0) is 19.4. The fourth-order valence-corrected chi connectivity index (χ4v) is 3.19. The van der Waals surface area contributed by atoms with Crippen LogP contribution in [0, 0.1) is 12.7 Å². The first-order chi connectivity index (χ1) is 12.3. The molecule has 1 heterocycles. The number of carbonyl (C=O) groups excluding carboxylic acids is 1. The van der Waals surface area contributed by atoms with Crippen LogP contribution in [0.1, 0.15) is 47.2 Å². The van der Waals surface area contributed by atoms with E-state index in [1.165, 1.54) is 24.9 Å². The molecule has 0 aliphatic carbocycles. The fourth-order valence-electron chi connectivity index (χ4n) is 2.56. The van der Waals surface area contributed by atoms with Crippen LogP contribution in [0.2, 0.25) is 0 Å². The van der Waals surface area contributed by atoms with Crippen LogP contribution in [0.5, 0.6) is 5.75 Å². The lowest BCUT2D eigenvalue weighted by molar-refractivity contribution is 0.0779. The largest absolute Gasteiger partial charge is 0.494 e. The highest BCUT2D eigenvalue weighted by Gasteiger charge is 2.22. The maximum Gasteiger partial charge on any atom is 0.258 e. The molecule has 2 rings (SSSR count). The van der Waals surface area contributed by atoms with Gasteiger partial charge in [-0.3, -0.25) is 4.79 Å². The first-order valence-electron chi connectivity index (χ1n) is 8.28. The minimum Gasteiger partial charge on any atom is -0.494 e. The van der Waals surface area contributed by atoms with Gasteiger partial charge in [-0.25, -0.2) is 14.4 Å². The summed E-state index contributed by atoms with van der Waals surface area (Å²) in [6.45, 7) is 6.13. The summed E-state index contributed by atoms with van der Waals surface area (Å²) in [7, 11) is 3.10. The van der Waals surface area contributed by atoms with Gasteiger partial charge in [0.1, 0.15) is 10.9 Å². The van der Waals surface area contributed by atoms with E-state index in [-0.39, 0.29) is 24.1 Å². The second-order valence-electron chi connectivity index (χ2n) is 6.34. The van der Waals surface area contributed by atoms with E-state index in [9.17, 15) is 9.18 Å². The predicted octanol–water partition coefficient (Wildman–Crippen LogP) is 4.05. The molecule has 0 saturated heterocycles. The number of methoxy groups -OCH3 is 1. The second kappa shape index (κ2) is 8.49. The number of amides is 1. The average molecular weight is 377 g/mol. The Balaban J connectivity index is 2.29. The third-order valence-corrected chi connectivity index (χ3v) is 4.66. The average Bonchev–Trinajstić information content (AvgIpc) is 2.60. The van der Waals surface area contributed by atoms with E-state index in [1.807, 2.05) is 27.0 Å². The number of halogens is 1. The summed E-state index contributed by atoms with van der Waals surface area (Å²) in [4.78, 5) is 23.5. The van der Waals surface area contributed by atoms with E-state index in [2.05, 4.69) is 9.97 Å². The molecule has 1 aromatic carbocycles. The number of ether oxygens (including phenoxy) is 1. The Kier molecular flexibility index (Phi) is 6.58. The number of rotatable bonds is 6. The molecule has 0 aliphatic heterocycles. The maximum absolute atomic E-state index is 13.9. The standard InChI is InChI=1S/C19H24FN3O2S/c1-11(2)17-21-12(3)16(18(22-17)26-6)19(24)23(4)10-13-7-8-15(25-5)14(20)9-13/h7-9,11H,10H2,1-6H3. The zero-order valence-electron chi connectivity index (χ0n) is 16.0. The molecule has 26 heavy (non-hydrogen) atoms. The van der Waals surface area contributed by atoms with Gasteiger partial charge in [0, 0.05) is 19.5 Å². The third kappa shape index (κ3) is 4.33. The molecule has 0 N–H and O–H groups in total. The summed E-state index contributed by atoms with van der Waals surface area (Å²) >= 11 is 1.43. The number of thioether (sulfide) groups is 1. The molecule has 2 aromatic rings. The number of nitrogens with zero attached hydrogens (tertiary/aromatic N) is 3. The molecule has 1 aromatic heterocycles. The summed E-state index contributed by atoms with van der Waals surface area (Å²) in [6, 6.07) is 4.68. The van der Waals surface area contributed by atoms with E-state index >= 15 is 0 Å². The van der Waals surface area contributed by atoms with Crippen molar-refractivity contribution in [2.45, 2.75) is 38.3 Å². The SMILES string of the molecule is COc1ccc(CN(C)C(=O)c2c(C)nc(C(C)C)nc2SC)cc1F. The number of hydrogen-bond acceptors (Lipinski definition) is 5. The van der Waals surface area contributed by atoms with Gasteiger partial charge in [-0.2, -0.15) is 0 Å². The lowest BCUT2D eigenvalue weighted by Crippen LogP contribution is -2.28. The van der Waals surface area contributed by atoms with Gasteiger partial charge < -0.3 is 9.64 Å². The lowest BCUT2D eigenvalue weighted by atomic mass is 10.1. The molecule has 0 fully saturated rings. The quantitative estimate of drug-likeness (QED) is 0.561. The molecular weight excluding hydrogens is 353 g/mol. The predicted molar refractivity (Wildman–Crippen MR) is 101 cm³/mol. The number of carbonyl (C=O) groups is 1. The summed E-state index contributed by atoms with van der Waals surface area (Å²) < 4.78 is 18.8. The number of aromatic nitrogens is 2. The molecule has 0 radical (unpaired) electrons. The van der Waals surface area contributed by atoms with Crippen LogP contribution in [0.15, 0.2) is 23.2 Å². The summed E-state index contributed by atoms with van der Waals surface area (Å²) in [6.07, 6.45) is 1.89. The number of benzene rings is 1. The number of hydrogen-bond donors (Lipinski definition) is 0. The molecule has 0 unspecified atom stereocenters. The number of aryl methyl sites for hydroxylation is 1. The Morgan fingerprint density at radius 1 is 1.35 bits per heavy atom. The van der Waals surface area contributed by atoms with Crippen LogP contribution < -0.4 is 4.74 Å². The van der Waals surface area contributed by atoms with Gasteiger partial charge in [0.15, 0.2) is 11.6 Å². The van der Waals surface area contributed by atoms with Gasteiger partial charge in [-0.15, -0.1) is 11.8 Å². The van der Waals surface area contributed by atoms with Gasteiger partial charge in [0.25, 0.3) is 5.91 Å². The Labute approximate surface area is 158 Å². The van der Waals surface area contributed by atoms with Gasteiger partial charge in [0.05, 0.1) is 18.4 Å². The summed E-state index contributed by atoms with van der Waals surface area (Å²) in [5.74, 6) is 0.461. The monoisotopic (exact) mass is 377 g/mol. The second-order valence-corrected chi connectivity index (χ2v) is 7.13. The molecule has 140 valence electrons. The van der Waals surface area contributed by atoms with E-state index in [0.717, 1.165) is 5.82 Å². The van der Waals surface area contributed by atoms with E-state index < -0.39 is 5.82 Å². The van der Waals surface area contributed by atoms with Gasteiger partial charge in [-0.1, -0.05) is 19.9 Å². The Morgan fingerprint density at radius 3 is 2.58 bits per heavy atom. The van der Waals surface area contributed by atoms with Crippen molar-refractivity contribution in [2.24, 2.45) is 0 Å². The van der Waals surface area contributed by atoms with Crippen molar-refractivity contribution >= 4 is 17.7 Å². The van der Waals surface area contributed by atoms with E-state index in [0.29, 0.717) is 21.8 Å². The lowest BCUT2D eigenvalue weighted by Gasteiger charge is -2.20. The van der Waals surface area contributed by atoms with Crippen molar-refractivity contribution in [1.29, 1.82) is 0 Å². The van der Waals surface area contributed by atoms with Gasteiger partial charge in [-0.05, 0) is 30.9 Å². The van der Waals surface area contributed by atoms with Gasteiger partial charge >= 0.3 is 0 Å². The van der Waals surface area contributed by atoms with E-state index in [1.54, 1.807) is 24.1 Å². The first-order valence-corrected chi connectivity index (χ1v) is 9.51. The molecule has 0 aliphatic rings. The molecule has 0 bridgehead atoms. The van der Waals surface area contributed by atoms with Crippen molar-refractivity contribution in [2.75, 3.05) is 20.4 Å². The van der Waals surface area contributed by atoms with Crippen molar-refractivity contribution in [3.63, 3.8) is 0 Å². The van der Waals surface area contributed by atoms with Crippen molar-refractivity contribution in [1.82, 2.24) is 14.9 Å². The normalized spacial score (nSPS) is 10.9.